The average molecular weight is 569 g/mol. The molecule has 2 saturated carbocycles. The first-order valence-corrected chi connectivity index (χ1v) is 14.4. The fraction of sp³-hybridized carbons (Fsp3) is 0.516. The first-order valence-electron chi connectivity index (χ1n) is 14.4. The number of amides is 1. The fourth-order valence-electron chi connectivity index (χ4n) is 6.39. The molecule has 6 rings (SSSR count). The third-order valence-electron chi connectivity index (χ3n) is 9.21. The zero-order valence-electron chi connectivity index (χ0n) is 24.0. The highest BCUT2D eigenvalue weighted by atomic mass is 19.4. The highest BCUT2D eigenvalue weighted by Gasteiger charge is 2.43. The minimum atomic E-state index is -4.58. The van der Waals surface area contributed by atoms with Crippen LogP contribution in [0.2, 0.25) is 0 Å². The van der Waals surface area contributed by atoms with E-state index in [1.807, 2.05) is 30.9 Å². The van der Waals surface area contributed by atoms with E-state index < -0.39 is 17.6 Å². The summed E-state index contributed by atoms with van der Waals surface area (Å²) in [5, 5.41) is 7.95. The lowest BCUT2D eigenvalue weighted by atomic mass is 9.76. The molecule has 0 unspecified atom stereocenters. The zero-order valence-corrected chi connectivity index (χ0v) is 24.0. The van der Waals surface area contributed by atoms with Gasteiger partial charge in [0.25, 0.3) is 12.2 Å². The molecule has 2 heterocycles. The van der Waals surface area contributed by atoms with Crippen LogP contribution in [-0.4, -0.2) is 34.3 Å². The molecule has 218 valence electrons. The van der Waals surface area contributed by atoms with Gasteiger partial charge in [-0.25, -0.2) is 4.57 Å². The van der Waals surface area contributed by atoms with Crippen LogP contribution in [0.1, 0.15) is 90.0 Å². The lowest BCUT2D eigenvalue weighted by molar-refractivity contribution is -0.657. The topological polar surface area (TPSA) is 63.3 Å². The predicted molar refractivity (Wildman–Crippen MR) is 148 cm³/mol. The number of ether oxygens (including phenoxy) is 1. The average Bonchev–Trinajstić information content (AvgIpc) is 3.47. The van der Waals surface area contributed by atoms with Gasteiger partial charge in [-0.1, -0.05) is 17.7 Å². The molecule has 2 aliphatic carbocycles. The number of hydrogen-bond acceptors (Lipinski definition) is 4. The first kappa shape index (κ1) is 27.9. The zero-order chi connectivity index (χ0) is 29.1. The maximum absolute atomic E-state index is 14.4. The maximum Gasteiger partial charge on any atom is 0.416 e. The summed E-state index contributed by atoms with van der Waals surface area (Å²) in [4.78, 5) is 15.5. The minimum Gasteiger partial charge on any atom is -0.381 e. The van der Waals surface area contributed by atoms with Gasteiger partial charge in [-0.3, -0.25) is 9.69 Å². The number of nitrogens with one attached hydrogen (secondary N) is 1. The minimum absolute atomic E-state index is 0.0321. The Bertz CT molecular complexity index is 1490. The number of halogens is 3. The summed E-state index contributed by atoms with van der Waals surface area (Å²) in [7, 11) is 3.57. The Hall–Kier alpha value is -3.24. The van der Waals surface area contributed by atoms with E-state index in [2.05, 4.69) is 23.4 Å². The number of rotatable bonds is 8. The highest BCUT2D eigenvalue weighted by Crippen LogP contribution is 2.45. The molecule has 7 nitrogen and oxygen atoms in total. The van der Waals surface area contributed by atoms with Gasteiger partial charge in [0.1, 0.15) is 0 Å². The lowest BCUT2D eigenvalue weighted by Crippen LogP contribution is -2.47. The Balaban J connectivity index is 1.44. The number of benzene rings is 2. The van der Waals surface area contributed by atoms with E-state index in [1.54, 1.807) is 24.2 Å². The van der Waals surface area contributed by atoms with Crippen LogP contribution in [0.15, 0.2) is 36.9 Å². The fourth-order valence-corrected chi connectivity index (χ4v) is 6.39. The summed E-state index contributed by atoms with van der Waals surface area (Å²) in [5.74, 6) is -0.214. The molecule has 41 heavy (non-hydrogen) atoms. The maximum atomic E-state index is 14.4. The molecule has 3 aromatic rings. The van der Waals surface area contributed by atoms with E-state index in [-0.39, 0.29) is 41.8 Å². The number of nitrogens with zero attached hydrogens (tertiary/aromatic N) is 4. The monoisotopic (exact) mass is 568 g/mol. The van der Waals surface area contributed by atoms with Gasteiger partial charge in [-0.2, -0.15) is 13.2 Å². The van der Waals surface area contributed by atoms with Gasteiger partial charge >= 0.3 is 6.18 Å². The van der Waals surface area contributed by atoms with Gasteiger partial charge in [0.15, 0.2) is 5.69 Å². The second-order valence-corrected chi connectivity index (χ2v) is 12.1. The SMILES string of the molecule is CCc1cc(N2Cc3c(cc(CNC4(C)CCC4)cc3C(F)(F)F)C2=O)c(-[n+]2cn(C)cn2)c([C@H]2C[C@@H](OC)C2)c1. The molecule has 0 bridgehead atoms. The normalized spacial score (nSPS) is 21.5. The van der Waals surface area contributed by atoms with Gasteiger partial charge in [0.2, 0.25) is 6.33 Å². The van der Waals surface area contributed by atoms with E-state index in [0.29, 0.717) is 11.3 Å². The standard InChI is InChI=1S/C31H37F3N5O2/c1-5-19-9-23(21-13-22(14-21)41-4)28(39-18-37(3)17-36-39)27(12-19)38-16-25-24(29(38)40)10-20(11-26(25)31(32,33)34)15-35-30(2)7-6-8-30/h9-12,17-18,21-22,35H,5-8,13-16H2,1-4H3/q+1/t21-,22+. The van der Waals surface area contributed by atoms with Gasteiger partial charge in [0.05, 0.1) is 30.9 Å². The van der Waals surface area contributed by atoms with Crippen molar-refractivity contribution < 1.29 is 27.4 Å². The van der Waals surface area contributed by atoms with Crippen LogP contribution in [0.25, 0.3) is 5.69 Å². The predicted octanol–water partition coefficient (Wildman–Crippen LogP) is 5.36. The molecule has 1 amide bonds. The van der Waals surface area contributed by atoms with Crippen LogP contribution in [0, 0.1) is 0 Å². The number of aromatic nitrogens is 3. The van der Waals surface area contributed by atoms with Crippen molar-refractivity contribution in [2.75, 3.05) is 12.0 Å². The molecule has 10 heteroatoms. The number of anilines is 1. The number of hydrogen-bond donors (Lipinski definition) is 1. The summed E-state index contributed by atoms with van der Waals surface area (Å²) in [5.41, 5.74) is 3.21. The van der Waals surface area contributed by atoms with Crippen molar-refractivity contribution in [1.82, 2.24) is 15.0 Å². The summed E-state index contributed by atoms with van der Waals surface area (Å²) in [6.07, 6.45) is 4.58. The number of fused-ring (bicyclic) bond motifs is 1. The molecule has 0 atom stereocenters. The second-order valence-electron chi connectivity index (χ2n) is 12.1. The molecule has 0 saturated heterocycles. The van der Waals surface area contributed by atoms with Gasteiger partial charge in [0, 0.05) is 30.3 Å². The molecular formula is C31H37F3N5O2+. The molecular weight excluding hydrogens is 531 g/mol. The van der Waals surface area contributed by atoms with Crippen molar-refractivity contribution in [3.8, 4) is 5.69 Å². The Labute approximate surface area is 238 Å². The van der Waals surface area contributed by atoms with E-state index in [4.69, 9.17) is 4.74 Å². The van der Waals surface area contributed by atoms with E-state index in [9.17, 15) is 18.0 Å². The molecule has 3 aliphatic rings. The summed E-state index contributed by atoms with van der Waals surface area (Å²) < 4.78 is 52.3. The van der Waals surface area contributed by atoms with Crippen LogP contribution < -0.4 is 14.9 Å². The van der Waals surface area contributed by atoms with Crippen molar-refractivity contribution >= 4 is 11.6 Å². The van der Waals surface area contributed by atoms with E-state index in [0.717, 1.165) is 55.3 Å². The third kappa shape index (κ3) is 5.05. The Kier molecular flexibility index (Phi) is 6.97. The Morgan fingerprint density at radius 1 is 1.17 bits per heavy atom. The van der Waals surface area contributed by atoms with Crippen molar-refractivity contribution in [2.24, 2.45) is 7.05 Å². The quantitative estimate of drug-likeness (QED) is 0.372. The van der Waals surface area contributed by atoms with Crippen molar-refractivity contribution in [2.45, 2.75) is 89.2 Å². The van der Waals surface area contributed by atoms with Crippen molar-refractivity contribution in [1.29, 1.82) is 0 Å². The third-order valence-corrected chi connectivity index (χ3v) is 9.21. The molecule has 2 aromatic carbocycles. The molecule has 2 fully saturated rings. The molecule has 1 N–H and O–H groups in total. The number of alkyl halides is 3. The van der Waals surface area contributed by atoms with Gasteiger partial charge in [-0.05, 0) is 91.4 Å². The van der Waals surface area contributed by atoms with Crippen LogP contribution in [0.5, 0.6) is 0 Å². The molecule has 1 aliphatic heterocycles. The van der Waals surface area contributed by atoms with Gasteiger partial charge in [-0.15, -0.1) is 0 Å². The number of methoxy groups -OCH3 is 1. The molecule has 1 aromatic heterocycles. The smallest absolute Gasteiger partial charge is 0.381 e. The van der Waals surface area contributed by atoms with Crippen LogP contribution >= 0.6 is 0 Å². The van der Waals surface area contributed by atoms with Gasteiger partial charge < -0.3 is 10.1 Å². The van der Waals surface area contributed by atoms with E-state index in [1.165, 1.54) is 11.0 Å². The highest BCUT2D eigenvalue weighted by molar-refractivity contribution is 6.11. The van der Waals surface area contributed by atoms with Crippen LogP contribution in [0.4, 0.5) is 18.9 Å². The number of aryl methyl sites for hydroxylation is 2. The number of carbonyl (C=O) groups is 1. The lowest BCUT2D eigenvalue weighted by Gasteiger charge is -2.39. The summed E-state index contributed by atoms with van der Waals surface area (Å²) in [6, 6.07) is 6.95. The first-order chi connectivity index (χ1) is 19.5. The molecule has 0 radical (unpaired) electrons. The van der Waals surface area contributed by atoms with Crippen molar-refractivity contribution in [3.05, 3.63) is 70.3 Å². The van der Waals surface area contributed by atoms with Crippen molar-refractivity contribution in [3.63, 3.8) is 0 Å². The summed E-state index contributed by atoms with van der Waals surface area (Å²) >= 11 is 0. The second kappa shape index (κ2) is 10.2. The van der Waals surface area contributed by atoms with Crippen LogP contribution in [-0.2, 0) is 37.5 Å². The largest absolute Gasteiger partial charge is 0.416 e. The van der Waals surface area contributed by atoms with E-state index >= 15 is 0 Å². The Morgan fingerprint density at radius 2 is 1.93 bits per heavy atom. The van der Waals surface area contributed by atoms with Crippen LogP contribution in [0.3, 0.4) is 0 Å². The summed E-state index contributed by atoms with van der Waals surface area (Å²) in [6.45, 7) is 4.27. The molecule has 0 spiro atoms. The Morgan fingerprint density at radius 3 is 2.51 bits per heavy atom. The number of carbonyl (C=O) groups excluding carboxylic acids is 1.